The Morgan fingerprint density at radius 2 is 1.32 bits per heavy atom. The Balaban J connectivity index is 1.99. The Bertz CT molecular complexity index is 1180. The Labute approximate surface area is 160 Å². The van der Waals surface area contributed by atoms with Crippen molar-refractivity contribution >= 4 is 64.5 Å². The highest BCUT2D eigenvalue weighted by Gasteiger charge is 2.16. The van der Waals surface area contributed by atoms with E-state index in [4.69, 9.17) is 9.40 Å². The third kappa shape index (κ3) is 2.40. The van der Waals surface area contributed by atoms with Gasteiger partial charge in [0.25, 0.3) is 0 Å². The lowest BCUT2D eigenvalue weighted by molar-refractivity contribution is 0.623. The van der Waals surface area contributed by atoms with Crippen LogP contribution < -0.4 is 0 Å². The van der Waals surface area contributed by atoms with E-state index in [9.17, 15) is 0 Å². The molecule has 0 unspecified atom stereocenters. The van der Waals surface area contributed by atoms with Crippen LogP contribution in [0.15, 0.2) is 80.1 Å². The maximum absolute atomic E-state index is 6.22. The second-order valence-corrected chi connectivity index (χ2v) is 7.77. The van der Waals surface area contributed by atoms with Gasteiger partial charge in [0.15, 0.2) is 5.58 Å². The van der Waals surface area contributed by atoms with E-state index in [0.717, 1.165) is 41.8 Å². The SMILES string of the molecule is Brc1ccc2c3ccc(Br)cc3c3oc(-c4ccccc4)nc3c2c1. The lowest BCUT2D eigenvalue weighted by atomic mass is 10.0. The molecule has 5 aromatic rings. The van der Waals surface area contributed by atoms with Crippen LogP contribution in [0.1, 0.15) is 0 Å². The first kappa shape index (κ1) is 15.1. The second kappa shape index (κ2) is 5.68. The first-order valence-corrected chi connectivity index (χ1v) is 9.46. The van der Waals surface area contributed by atoms with Crippen molar-refractivity contribution in [1.82, 2.24) is 4.98 Å². The fraction of sp³-hybridized carbons (Fsp3) is 0. The Kier molecular flexibility index (Phi) is 3.43. The molecule has 25 heavy (non-hydrogen) atoms. The van der Waals surface area contributed by atoms with E-state index in [2.05, 4.69) is 68.3 Å². The van der Waals surface area contributed by atoms with Crippen molar-refractivity contribution < 1.29 is 4.42 Å². The number of hydrogen-bond donors (Lipinski definition) is 0. The van der Waals surface area contributed by atoms with Crippen molar-refractivity contribution in [3.63, 3.8) is 0 Å². The van der Waals surface area contributed by atoms with E-state index in [-0.39, 0.29) is 0 Å². The average molecular weight is 453 g/mol. The van der Waals surface area contributed by atoms with Crippen LogP contribution in [0.4, 0.5) is 0 Å². The first-order chi connectivity index (χ1) is 12.2. The summed E-state index contributed by atoms with van der Waals surface area (Å²) in [6, 6.07) is 22.6. The summed E-state index contributed by atoms with van der Waals surface area (Å²) in [5, 5.41) is 4.49. The Hall–Kier alpha value is -2.17. The second-order valence-electron chi connectivity index (χ2n) is 5.94. The topological polar surface area (TPSA) is 26.0 Å². The lowest BCUT2D eigenvalue weighted by Gasteiger charge is -2.06. The van der Waals surface area contributed by atoms with E-state index < -0.39 is 0 Å². The summed E-state index contributed by atoms with van der Waals surface area (Å²) < 4.78 is 8.28. The van der Waals surface area contributed by atoms with Crippen molar-refractivity contribution in [3.05, 3.63) is 75.7 Å². The van der Waals surface area contributed by atoms with Gasteiger partial charge in [0.05, 0.1) is 0 Å². The zero-order valence-electron chi connectivity index (χ0n) is 13.0. The minimum absolute atomic E-state index is 0.643. The molecule has 0 aliphatic heterocycles. The van der Waals surface area contributed by atoms with E-state index in [1.807, 2.05) is 30.3 Å². The van der Waals surface area contributed by atoms with Gasteiger partial charge < -0.3 is 4.42 Å². The monoisotopic (exact) mass is 451 g/mol. The van der Waals surface area contributed by atoms with Crippen LogP contribution in [-0.4, -0.2) is 4.98 Å². The molecule has 0 fully saturated rings. The molecule has 0 aliphatic carbocycles. The molecule has 0 atom stereocenters. The van der Waals surface area contributed by atoms with Crippen molar-refractivity contribution in [2.45, 2.75) is 0 Å². The highest BCUT2D eigenvalue weighted by Crippen LogP contribution is 2.39. The molecule has 0 amide bonds. The first-order valence-electron chi connectivity index (χ1n) is 7.87. The number of hydrogen-bond acceptors (Lipinski definition) is 2. The summed E-state index contributed by atoms with van der Waals surface area (Å²) in [4.78, 5) is 4.83. The van der Waals surface area contributed by atoms with Crippen LogP contribution in [0.2, 0.25) is 0 Å². The molecule has 0 radical (unpaired) electrons. The fourth-order valence-corrected chi connectivity index (χ4v) is 4.00. The maximum atomic E-state index is 6.22. The minimum atomic E-state index is 0.643. The molecule has 4 aromatic carbocycles. The molecule has 0 aliphatic rings. The van der Waals surface area contributed by atoms with Gasteiger partial charge in [0.2, 0.25) is 5.89 Å². The summed E-state index contributed by atoms with van der Waals surface area (Å²) in [7, 11) is 0. The molecule has 0 bridgehead atoms. The highest BCUT2D eigenvalue weighted by atomic mass is 79.9. The Morgan fingerprint density at radius 1 is 0.680 bits per heavy atom. The maximum Gasteiger partial charge on any atom is 0.227 e. The molecule has 0 N–H and O–H groups in total. The molecule has 1 heterocycles. The summed E-state index contributed by atoms with van der Waals surface area (Å²) >= 11 is 7.16. The quantitative estimate of drug-likeness (QED) is 0.249. The molecule has 0 spiro atoms. The molecule has 120 valence electrons. The number of nitrogens with zero attached hydrogens (tertiary/aromatic N) is 1. The molecular weight excluding hydrogens is 442 g/mol. The molecule has 4 heteroatoms. The molecule has 1 aromatic heterocycles. The highest BCUT2D eigenvalue weighted by molar-refractivity contribution is 9.10. The summed E-state index contributed by atoms with van der Waals surface area (Å²) in [6.07, 6.45) is 0. The third-order valence-corrected chi connectivity index (χ3v) is 5.39. The van der Waals surface area contributed by atoms with E-state index in [1.165, 1.54) is 5.39 Å². The molecule has 5 rings (SSSR count). The van der Waals surface area contributed by atoms with Gasteiger partial charge in [-0.05, 0) is 47.2 Å². The number of rotatable bonds is 1. The average Bonchev–Trinajstić information content (AvgIpc) is 3.08. The normalized spacial score (nSPS) is 11.6. The molecule has 2 nitrogen and oxygen atoms in total. The van der Waals surface area contributed by atoms with Crippen molar-refractivity contribution in [2.24, 2.45) is 0 Å². The standard InChI is InChI=1S/C21H11Br2NO/c22-13-6-8-15-16-9-7-14(23)11-18(16)20-19(17(15)10-13)24-21(25-20)12-4-2-1-3-5-12/h1-11H. The van der Waals surface area contributed by atoms with Crippen molar-refractivity contribution in [2.75, 3.05) is 0 Å². The van der Waals surface area contributed by atoms with Crippen LogP contribution in [0.5, 0.6) is 0 Å². The Morgan fingerprint density at radius 3 is 2.04 bits per heavy atom. The van der Waals surface area contributed by atoms with Crippen LogP contribution >= 0.6 is 31.9 Å². The van der Waals surface area contributed by atoms with Gasteiger partial charge in [0, 0.05) is 25.3 Å². The van der Waals surface area contributed by atoms with Crippen LogP contribution in [-0.2, 0) is 0 Å². The predicted octanol–water partition coefficient (Wildman–Crippen LogP) is 7.33. The molecular formula is C21H11Br2NO. The van der Waals surface area contributed by atoms with E-state index in [0.29, 0.717) is 5.89 Å². The van der Waals surface area contributed by atoms with Crippen molar-refractivity contribution in [1.29, 1.82) is 0 Å². The number of oxazole rings is 1. The third-order valence-electron chi connectivity index (χ3n) is 4.40. The van der Waals surface area contributed by atoms with Gasteiger partial charge in [-0.3, -0.25) is 0 Å². The van der Waals surface area contributed by atoms with Gasteiger partial charge in [-0.15, -0.1) is 0 Å². The fourth-order valence-electron chi connectivity index (χ4n) is 3.28. The summed E-state index contributed by atoms with van der Waals surface area (Å²) in [6.45, 7) is 0. The van der Waals surface area contributed by atoms with E-state index in [1.54, 1.807) is 0 Å². The zero-order chi connectivity index (χ0) is 17.0. The van der Waals surface area contributed by atoms with E-state index >= 15 is 0 Å². The van der Waals surface area contributed by atoms with Crippen LogP contribution in [0.25, 0.3) is 44.1 Å². The van der Waals surface area contributed by atoms with Crippen molar-refractivity contribution in [3.8, 4) is 11.5 Å². The largest absolute Gasteiger partial charge is 0.435 e. The minimum Gasteiger partial charge on any atom is -0.435 e. The van der Waals surface area contributed by atoms with Gasteiger partial charge in [-0.2, -0.15) is 0 Å². The number of aromatic nitrogens is 1. The lowest BCUT2D eigenvalue weighted by Crippen LogP contribution is -1.82. The van der Waals surface area contributed by atoms with Crippen LogP contribution in [0.3, 0.4) is 0 Å². The molecule has 0 saturated carbocycles. The van der Waals surface area contributed by atoms with Crippen LogP contribution in [0, 0.1) is 0 Å². The number of fused-ring (bicyclic) bond motifs is 6. The predicted molar refractivity (Wildman–Crippen MR) is 110 cm³/mol. The summed E-state index contributed by atoms with van der Waals surface area (Å²) in [5.74, 6) is 0.643. The van der Waals surface area contributed by atoms with Gasteiger partial charge in [0.1, 0.15) is 5.52 Å². The summed E-state index contributed by atoms with van der Waals surface area (Å²) in [5.41, 5.74) is 2.69. The zero-order valence-corrected chi connectivity index (χ0v) is 16.1. The smallest absolute Gasteiger partial charge is 0.227 e. The molecule has 0 saturated heterocycles. The number of benzene rings is 4. The van der Waals surface area contributed by atoms with Gasteiger partial charge >= 0.3 is 0 Å². The van der Waals surface area contributed by atoms with Gasteiger partial charge in [-0.25, -0.2) is 4.98 Å². The number of halogens is 2. The van der Waals surface area contributed by atoms with Gasteiger partial charge in [-0.1, -0.05) is 62.2 Å².